The lowest BCUT2D eigenvalue weighted by Gasteiger charge is -2.51. The number of rotatable bonds is 1. The smallest absolute Gasteiger partial charge is 0.321 e. The fourth-order valence-electron chi connectivity index (χ4n) is 4.28. The number of urea groups is 1. The maximum absolute atomic E-state index is 13.8. The van der Waals surface area contributed by atoms with E-state index >= 15 is 0 Å². The summed E-state index contributed by atoms with van der Waals surface area (Å²) in [4.78, 5) is 28.9. The predicted octanol–water partition coefficient (Wildman–Crippen LogP) is 2.76. The summed E-state index contributed by atoms with van der Waals surface area (Å²) in [6.45, 7) is 1.07. The van der Waals surface area contributed by atoms with E-state index in [2.05, 4.69) is 10.6 Å². The van der Waals surface area contributed by atoms with Crippen LogP contribution in [0.15, 0.2) is 36.4 Å². The highest BCUT2D eigenvalue weighted by Crippen LogP contribution is 2.37. The summed E-state index contributed by atoms with van der Waals surface area (Å²) in [5.74, 6) is 0.649. The first-order valence-corrected chi connectivity index (χ1v) is 9.77. The first kappa shape index (κ1) is 18.5. The molecule has 0 aliphatic carbocycles. The fraction of sp³-hybridized carbons (Fsp3) is 0.333. The highest BCUT2D eigenvalue weighted by atomic mass is 19.1. The van der Waals surface area contributed by atoms with Crippen molar-refractivity contribution in [2.24, 2.45) is 0 Å². The number of amides is 3. The van der Waals surface area contributed by atoms with E-state index < -0.39 is 5.66 Å². The average Bonchev–Trinajstić information content (AvgIpc) is 3.20. The van der Waals surface area contributed by atoms with Gasteiger partial charge in [0.1, 0.15) is 11.5 Å². The molecule has 8 nitrogen and oxygen atoms in total. The second-order valence-electron chi connectivity index (χ2n) is 7.69. The molecule has 2 aromatic carbocycles. The number of nitrogens with one attached hydrogen (secondary N) is 2. The minimum absolute atomic E-state index is 0.174. The van der Waals surface area contributed by atoms with E-state index in [0.717, 1.165) is 0 Å². The third-order valence-electron chi connectivity index (χ3n) is 6.06. The summed E-state index contributed by atoms with van der Waals surface area (Å²) in [5.41, 5.74) is 0.995. The van der Waals surface area contributed by atoms with Crippen molar-refractivity contribution in [1.29, 1.82) is 0 Å². The monoisotopic (exact) mass is 412 g/mol. The van der Waals surface area contributed by atoms with Gasteiger partial charge in [-0.15, -0.1) is 0 Å². The van der Waals surface area contributed by atoms with Crippen LogP contribution in [-0.4, -0.2) is 49.4 Å². The summed E-state index contributed by atoms with van der Waals surface area (Å²) in [6.07, 6.45) is 1.06. The van der Waals surface area contributed by atoms with Gasteiger partial charge in [-0.3, -0.25) is 4.79 Å². The molecule has 3 amide bonds. The molecule has 0 bridgehead atoms. The van der Waals surface area contributed by atoms with E-state index in [1.165, 1.54) is 18.2 Å². The molecule has 0 unspecified atom stereocenters. The van der Waals surface area contributed by atoms with Crippen LogP contribution < -0.4 is 25.0 Å². The second-order valence-corrected chi connectivity index (χ2v) is 7.69. The Labute approximate surface area is 172 Å². The van der Waals surface area contributed by atoms with E-state index in [1.54, 1.807) is 23.1 Å². The largest absolute Gasteiger partial charge is 0.454 e. The van der Waals surface area contributed by atoms with Crippen LogP contribution in [0.2, 0.25) is 0 Å². The molecule has 5 rings (SSSR count). The molecular weight excluding hydrogens is 391 g/mol. The number of benzene rings is 2. The number of ether oxygens (including phenoxy) is 2. The number of piperidine rings is 1. The third kappa shape index (κ3) is 2.97. The number of likely N-dealkylation sites (tertiary alicyclic amines) is 1. The highest BCUT2D eigenvalue weighted by molar-refractivity contribution is 6.02. The maximum Gasteiger partial charge on any atom is 0.321 e. The van der Waals surface area contributed by atoms with Crippen LogP contribution >= 0.6 is 0 Å². The normalized spacial score (nSPS) is 18.8. The van der Waals surface area contributed by atoms with Gasteiger partial charge in [-0.1, -0.05) is 0 Å². The number of anilines is 2. The molecule has 30 heavy (non-hydrogen) atoms. The molecule has 3 heterocycles. The molecule has 0 saturated carbocycles. The molecule has 0 atom stereocenters. The van der Waals surface area contributed by atoms with Crippen molar-refractivity contribution in [3.63, 3.8) is 0 Å². The molecule has 0 radical (unpaired) electrons. The number of carbonyl (C=O) groups is 2. The topological polar surface area (TPSA) is 83.1 Å². The van der Waals surface area contributed by atoms with Crippen LogP contribution in [0.1, 0.15) is 23.2 Å². The summed E-state index contributed by atoms with van der Waals surface area (Å²) < 4.78 is 24.4. The number of hydrogen-bond acceptors (Lipinski definition) is 5. The van der Waals surface area contributed by atoms with Gasteiger partial charge in [0, 0.05) is 44.7 Å². The van der Waals surface area contributed by atoms with Crippen LogP contribution in [0, 0.1) is 5.82 Å². The lowest BCUT2D eigenvalue weighted by atomic mass is 9.90. The van der Waals surface area contributed by atoms with Gasteiger partial charge in [0.05, 0.1) is 11.3 Å². The summed E-state index contributed by atoms with van der Waals surface area (Å²) in [7, 11) is 1.85. The Balaban J connectivity index is 1.28. The van der Waals surface area contributed by atoms with Crippen LogP contribution in [0.5, 0.6) is 11.5 Å². The zero-order chi connectivity index (χ0) is 20.9. The predicted molar refractivity (Wildman–Crippen MR) is 107 cm³/mol. The Morgan fingerprint density at radius 1 is 1.13 bits per heavy atom. The zero-order valence-electron chi connectivity index (χ0n) is 16.4. The van der Waals surface area contributed by atoms with Crippen LogP contribution in [-0.2, 0) is 0 Å². The van der Waals surface area contributed by atoms with Gasteiger partial charge in [0.25, 0.3) is 5.91 Å². The number of hydrogen-bond donors (Lipinski definition) is 2. The highest BCUT2D eigenvalue weighted by Gasteiger charge is 2.45. The molecule has 0 aromatic heterocycles. The van der Waals surface area contributed by atoms with Crippen molar-refractivity contribution in [3.05, 3.63) is 47.8 Å². The Morgan fingerprint density at radius 3 is 2.70 bits per heavy atom. The van der Waals surface area contributed by atoms with Crippen molar-refractivity contribution >= 4 is 23.3 Å². The van der Waals surface area contributed by atoms with Crippen LogP contribution in [0.4, 0.5) is 20.6 Å². The molecule has 1 spiro atoms. The Kier molecular flexibility index (Phi) is 4.19. The van der Waals surface area contributed by atoms with Crippen molar-refractivity contribution in [2.75, 3.05) is 37.1 Å². The number of carbonyl (C=O) groups excluding carboxylic acids is 2. The van der Waals surface area contributed by atoms with Crippen molar-refractivity contribution in [3.8, 4) is 11.5 Å². The van der Waals surface area contributed by atoms with Gasteiger partial charge in [-0.2, -0.15) is 0 Å². The molecule has 1 saturated heterocycles. The standard InChI is InChI=1S/C21H21FN4O4/c1-25-16-10-13(22)2-4-15(16)19(27)24-21(25)6-8-26(9-7-21)20(28)23-14-3-5-17-18(11-14)30-12-29-17/h2-5,10-11H,6-9,12H2,1H3,(H,23,28)(H,24,27). The van der Waals surface area contributed by atoms with Gasteiger partial charge in [-0.25, -0.2) is 9.18 Å². The summed E-state index contributed by atoms with van der Waals surface area (Å²) in [6, 6.07) is 9.19. The molecule has 1 fully saturated rings. The van der Waals surface area contributed by atoms with Crippen LogP contribution in [0.25, 0.3) is 0 Å². The zero-order valence-corrected chi connectivity index (χ0v) is 16.4. The fourth-order valence-corrected chi connectivity index (χ4v) is 4.28. The van der Waals surface area contributed by atoms with Gasteiger partial charge in [-0.05, 0) is 30.3 Å². The quantitative estimate of drug-likeness (QED) is 0.753. The van der Waals surface area contributed by atoms with Crippen molar-refractivity contribution in [2.45, 2.75) is 18.5 Å². The van der Waals surface area contributed by atoms with Crippen LogP contribution in [0.3, 0.4) is 0 Å². The van der Waals surface area contributed by atoms with E-state index in [4.69, 9.17) is 9.47 Å². The third-order valence-corrected chi connectivity index (χ3v) is 6.06. The van der Waals surface area contributed by atoms with Gasteiger partial charge < -0.3 is 29.9 Å². The number of nitrogens with zero attached hydrogens (tertiary/aromatic N) is 2. The van der Waals surface area contributed by atoms with E-state index in [0.29, 0.717) is 54.4 Å². The second kappa shape index (κ2) is 6.79. The molecule has 3 aliphatic heterocycles. The molecule has 2 N–H and O–H groups in total. The number of halogens is 1. The Morgan fingerprint density at radius 2 is 1.90 bits per heavy atom. The average molecular weight is 412 g/mol. The van der Waals surface area contributed by atoms with E-state index in [9.17, 15) is 14.0 Å². The summed E-state index contributed by atoms with van der Waals surface area (Å²) >= 11 is 0. The van der Waals surface area contributed by atoms with Gasteiger partial charge >= 0.3 is 6.03 Å². The van der Waals surface area contributed by atoms with Crippen molar-refractivity contribution < 1.29 is 23.5 Å². The lowest BCUT2D eigenvalue weighted by molar-refractivity contribution is 0.0815. The molecule has 3 aliphatic rings. The van der Waals surface area contributed by atoms with Crippen molar-refractivity contribution in [1.82, 2.24) is 10.2 Å². The SMILES string of the molecule is CN1c2cc(F)ccc2C(=O)NC12CCN(C(=O)Nc1ccc3c(c1)OCO3)CC2. The molecular formula is C21H21FN4O4. The maximum atomic E-state index is 13.8. The minimum atomic E-state index is -0.645. The Bertz CT molecular complexity index is 1040. The lowest BCUT2D eigenvalue weighted by Crippen LogP contribution is -2.67. The van der Waals surface area contributed by atoms with Gasteiger partial charge in [0.15, 0.2) is 11.5 Å². The number of fused-ring (bicyclic) bond motifs is 2. The molecule has 2 aromatic rings. The first-order valence-electron chi connectivity index (χ1n) is 9.77. The first-order chi connectivity index (χ1) is 14.4. The minimum Gasteiger partial charge on any atom is -0.454 e. The molecule has 9 heteroatoms. The molecule has 156 valence electrons. The van der Waals surface area contributed by atoms with Gasteiger partial charge in [0.2, 0.25) is 6.79 Å². The Hall–Kier alpha value is -3.49. The van der Waals surface area contributed by atoms with E-state index in [-0.39, 0.29) is 24.5 Å². The summed E-state index contributed by atoms with van der Waals surface area (Å²) in [5, 5.41) is 5.95. The van der Waals surface area contributed by atoms with E-state index in [1.807, 2.05) is 11.9 Å².